The van der Waals surface area contributed by atoms with Crippen LogP contribution in [-0.2, 0) is 0 Å². The van der Waals surface area contributed by atoms with E-state index in [4.69, 9.17) is 9.97 Å². The van der Waals surface area contributed by atoms with Crippen LogP contribution in [-0.4, -0.2) is 9.97 Å². The Bertz CT molecular complexity index is 481. The zero-order chi connectivity index (χ0) is 18.0. The first kappa shape index (κ1) is 19.8. The number of nitrogens with zero attached hydrogens (tertiary/aromatic N) is 2. The molecule has 1 aromatic heterocycles. The van der Waals surface area contributed by atoms with Crippen LogP contribution in [0, 0.1) is 5.92 Å². The first-order chi connectivity index (χ1) is 12.9. The quantitative estimate of drug-likeness (QED) is 0.427. The third-order valence-electron chi connectivity index (χ3n) is 6.95. The molecular weight excluding hydrogens is 316 g/mol. The van der Waals surface area contributed by atoms with Crippen LogP contribution in [0.2, 0.25) is 0 Å². The van der Waals surface area contributed by atoms with Crippen LogP contribution >= 0.6 is 0 Å². The van der Waals surface area contributed by atoms with Gasteiger partial charge in [0.1, 0.15) is 5.82 Å². The van der Waals surface area contributed by atoms with Gasteiger partial charge < -0.3 is 0 Å². The molecule has 2 fully saturated rings. The van der Waals surface area contributed by atoms with Gasteiger partial charge in [-0.1, -0.05) is 71.1 Å². The van der Waals surface area contributed by atoms with Gasteiger partial charge in [-0.05, 0) is 55.9 Å². The average Bonchev–Trinajstić information content (AvgIpc) is 2.72. The van der Waals surface area contributed by atoms with Gasteiger partial charge in [0.25, 0.3) is 0 Å². The van der Waals surface area contributed by atoms with Gasteiger partial charge in [-0.15, -0.1) is 0 Å². The summed E-state index contributed by atoms with van der Waals surface area (Å²) in [5.74, 6) is 3.45. The molecule has 0 aliphatic heterocycles. The van der Waals surface area contributed by atoms with E-state index in [0.717, 1.165) is 17.7 Å². The maximum absolute atomic E-state index is 4.77. The lowest BCUT2D eigenvalue weighted by molar-refractivity contribution is 0.301. The summed E-state index contributed by atoms with van der Waals surface area (Å²) in [5.41, 5.74) is 1.41. The topological polar surface area (TPSA) is 25.8 Å². The molecular formula is C24H40N2. The zero-order valence-electron chi connectivity index (χ0n) is 17.1. The maximum Gasteiger partial charge on any atom is 0.131 e. The minimum absolute atomic E-state index is 0.630. The Hall–Kier alpha value is -0.920. The molecule has 2 aliphatic rings. The molecule has 2 aliphatic carbocycles. The van der Waals surface area contributed by atoms with E-state index in [1.165, 1.54) is 108 Å². The van der Waals surface area contributed by atoms with E-state index in [1.807, 2.05) is 0 Å². The average molecular weight is 357 g/mol. The SMILES string of the molecule is CCCCCCCC[C@H]1CC[C@H](c2cnc(C3CCCCC3)nc2)CC1. The Balaban J connectivity index is 1.36. The highest BCUT2D eigenvalue weighted by atomic mass is 14.9. The Kier molecular flexibility index (Phi) is 8.42. The summed E-state index contributed by atoms with van der Waals surface area (Å²) in [6.07, 6.45) is 26.6. The number of hydrogen-bond acceptors (Lipinski definition) is 2. The fourth-order valence-electron chi connectivity index (χ4n) is 5.13. The molecule has 26 heavy (non-hydrogen) atoms. The fraction of sp³-hybridized carbons (Fsp3) is 0.833. The van der Waals surface area contributed by atoms with Crippen LogP contribution in [0.5, 0.6) is 0 Å². The van der Waals surface area contributed by atoms with E-state index in [-0.39, 0.29) is 0 Å². The van der Waals surface area contributed by atoms with Crippen LogP contribution in [0.4, 0.5) is 0 Å². The van der Waals surface area contributed by atoms with Crippen LogP contribution in [0.25, 0.3) is 0 Å². The first-order valence-electron chi connectivity index (χ1n) is 11.7. The van der Waals surface area contributed by atoms with Crippen molar-refractivity contribution in [1.29, 1.82) is 0 Å². The highest BCUT2D eigenvalue weighted by Crippen LogP contribution is 2.38. The molecule has 1 heterocycles. The molecule has 3 rings (SSSR count). The third-order valence-corrected chi connectivity index (χ3v) is 6.95. The van der Waals surface area contributed by atoms with Crippen LogP contribution in [0.3, 0.4) is 0 Å². The van der Waals surface area contributed by atoms with Gasteiger partial charge in [0, 0.05) is 18.3 Å². The molecule has 146 valence electrons. The van der Waals surface area contributed by atoms with Crippen molar-refractivity contribution in [3.8, 4) is 0 Å². The second-order valence-corrected chi connectivity index (χ2v) is 8.98. The van der Waals surface area contributed by atoms with E-state index < -0.39 is 0 Å². The lowest BCUT2D eigenvalue weighted by atomic mass is 9.77. The predicted octanol–water partition coefficient (Wildman–Crippen LogP) is 7.55. The Morgan fingerprint density at radius 1 is 0.731 bits per heavy atom. The molecule has 0 unspecified atom stereocenters. The van der Waals surface area contributed by atoms with Crippen LogP contribution in [0.15, 0.2) is 12.4 Å². The normalized spacial score (nSPS) is 24.7. The largest absolute Gasteiger partial charge is 0.241 e. The summed E-state index contributed by atoms with van der Waals surface area (Å²) in [7, 11) is 0. The number of unbranched alkanes of at least 4 members (excludes halogenated alkanes) is 5. The number of hydrogen-bond donors (Lipinski definition) is 0. The summed E-state index contributed by atoms with van der Waals surface area (Å²) in [5, 5.41) is 0. The highest BCUT2D eigenvalue weighted by Gasteiger charge is 2.23. The molecule has 0 atom stereocenters. The van der Waals surface area contributed by atoms with Crippen LogP contribution in [0.1, 0.15) is 133 Å². The molecule has 0 saturated heterocycles. The minimum atomic E-state index is 0.630. The second kappa shape index (κ2) is 11.0. The van der Waals surface area contributed by atoms with E-state index in [0.29, 0.717) is 5.92 Å². The first-order valence-corrected chi connectivity index (χ1v) is 11.7. The van der Waals surface area contributed by atoms with Gasteiger partial charge in [0.2, 0.25) is 0 Å². The van der Waals surface area contributed by atoms with Crippen molar-refractivity contribution in [2.75, 3.05) is 0 Å². The summed E-state index contributed by atoms with van der Waals surface area (Å²) in [4.78, 5) is 9.54. The molecule has 2 heteroatoms. The molecule has 0 bridgehead atoms. The molecule has 0 spiro atoms. The van der Waals surface area contributed by atoms with Crippen molar-refractivity contribution in [3.63, 3.8) is 0 Å². The number of aromatic nitrogens is 2. The Labute approximate surface area is 161 Å². The van der Waals surface area contributed by atoms with Crippen molar-refractivity contribution in [2.45, 2.75) is 121 Å². The summed E-state index contributed by atoms with van der Waals surface area (Å²) < 4.78 is 0. The van der Waals surface area contributed by atoms with Gasteiger partial charge >= 0.3 is 0 Å². The Morgan fingerprint density at radius 2 is 1.38 bits per heavy atom. The van der Waals surface area contributed by atoms with Gasteiger partial charge in [-0.3, -0.25) is 0 Å². The summed E-state index contributed by atoms with van der Waals surface area (Å²) in [6.45, 7) is 2.30. The number of rotatable bonds is 9. The van der Waals surface area contributed by atoms with Gasteiger partial charge in [-0.25, -0.2) is 9.97 Å². The standard InChI is InChI=1S/C24H40N2/c1-2-3-4-5-6-8-11-20-14-16-21(17-15-20)23-18-25-24(26-19-23)22-12-9-7-10-13-22/h18-22H,2-17H2,1H3/t20-,21-. The molecule has 0 aromatic carbocycles. The smallest absolute Gasteiger partial charge is 0.131 e. The van der Waals surface area contributed by atoms with E-state index in [2.05, 4.69) is 19.3 Å². The lowest BCUT2D eigenvalue weighted by Crippen LogP contribution is -2.15. The monoisotopic (exact) mass is 356 g/mol. The van der Waals surface area contributed by atoms with Gasteiger partial charge in [0.05, 0.1) is 0 Å². The zero-order valence-corrected chi connectivity index (χ0v) is 17.1. The van der Waals surface area contributed by atoms with Gasteiger partial charge in [-0.2, -0.15) is 0 Å². The summed E-state index contributed by atoms with van der Waals surface area (Å²) in [6, 6.07) is 0. The van der Waals surface area contributed by atoms with Crippen molar-refractivity contribution in [1.82, 2.24) is 9.97 Å². The minimum Gasteiger partial charge on any atom is -0.241 e. The molecule has 0 N–H and O–H groups in total. The molecule has 2 nitrogen and oxygen atoms in total. The molecule has 0 radical (unpaired) electrons. The molecule has 2 saturated carbocycles. The van der Waals surface area contributed by atoms with Crippen molar-refractivity contribution < 1.29 is 0 Å². The molecule has 1 aromatic rings. The maximum atomic E-state index is 4.77. The van der Waals surface area contributed by atoms with E-state index in [1.54, 1.807) is 0 Å². The highest BCUT2D eigenvalue weighted by molar-refractivity contribution is 5.14. The van der Waals surface area contributed by atoms with Gasteiger partial charge in [0.15, 0.2) is 0 Å². The van der Waals surface area contributed by atoms with Crippen molar-refractivity contribution >= 4 is 0 Å². The lowest BCUT2D eigenvalue weighted by Gasteiger charge is -2.28. The van der Waals surface area contributed by atoms with E-state index >= 15 is 0 Å². The summed E-state index contributed by atoms with van der Waals surface area (Å²) >= 11 is 0. The van der Waals surface area contributed by atoms with Crippen LogP contribution < -0.4 is 0 Å². The third kappa shape index (κ3) is 6.06. The predicted molar refractivity (Wildman–Crippen MR) is 111 cm³/mol. The molecule has 0 amide bonds. The van der Waals surface area contributed by atoms with Crippen molar-refractivity contribution in [2.24, 2.45) is 5.92 Å². The Morgan fingerprint density at radius 3 is 2.08 bits per heavy atom. The van der Waals surface area contributed by atoms with Crippen molar-refractivity contribution in [3.05, 3.63) is 23.8 Å². The second-order valence-electron chi connectivity index (χ2n) is 8.98. The fourth-order valence-corrected chi connectivity index (χ4v) is 5.13. The van der Waals surface area contributed by atoms with E-state index in [9.17, 15) is 0 Å².